The summed E-state index contributed by atoms with van der Waals surface area (Å²) in [5, 5.41) is 3.61. The monoisotopic (exact) mass is 340 g/mol. The van der Waals surface area contributed by atoms with Gasteiger partial charge in [0.05, 0.1) is 5.69 Å². The summed E-state index contributed by atoms with van der Waals surface area (Å²) >= 11 is 0. The topological polar surface area (TPSA) is 80.5 Å². The Labute approximate surface area is 133 Å². The molecule has 0 fully saturated rings. The molecule has 124 valence electrons. The van der Waals surface area contributed by atoms with Gasteiger partial charge in [0.1, 0.15) is 17.3 Å². The molecule has 0 aliphatic carbocycles. The van der Waals surface area contributed by atoms with Crippen LogP contribution in [0.4, 0.5) is 4.39 Å². The van der Waals surface area contributed by atoms with Crippen molar-refractivity contribution in [1.29, 1.82) is 0 Å². The van der Waals surface area contributed by atoms with E-state index in [-0.39, 0.29) is 18.1 Å². The first-order valence-corrected chi connectivity index (χ1v) is 8.68. The van der Waals surface area contributed by atoms with Gasteiger partial charge in [-0.1, -0.05) is 17.3 Å². The Morgan fingerprint density at radius 1 is 1.35 bits per heavy atom. The van der Waals surface area contributed by atoms with Crippen molar-refractivity contribution < 1.29 is 22.1 Å². The first-order chi connectivity index (χ1) is 10.7. The van der Waals surface area contributed by atoms with Crippen LogP contribution < -0.4 is 0 Å². The fourth-order valence-corrected chi connectivity index (χ4v) is 3.32. The van der Waals surface area contributed by atoms with Crippen molar-refractivity contribution >= 4 is 15.7 Å². The van der Waals surface area contributed by atoms with Crippen LogP contribution >= 0.6 is 0 Å². The molecule has 0 unspecified atom stereocenters. The van der Waals surface area contributed by atoms with Gasteiger partial charge < -0.3 is 9.42 Å². The molecule has 0 bridgehead atoms. The second-order valence-corrected chi connectivity index (χ2v) is 7.41. The van der Waals surface area contributed by atoms with E-state index in [0.29, 0.717) is 11.3 Å². The lowest BCUT2D eigenvalue weighted by Gasteiger charge is -2.17. The molecular weight excluding hydrogens is 323 g/mol. The van der Waals surface area contributed by atoms with E-state index in [9.17, 15) is 17.6 Å². The molecule has 0 atom stereocenters. The van der Waals surface area contributed by atoms with E-state index in [1.807, 2.05) is 0 Å². The quantitative estimate of drug-likeness (QED) is 0.799. The highest BCUT2D eigenvalue weighted by atomic mass is 32.2. The molecule has 0 radical (unpaired) electrons. The Bertz CT molecular complexity index is 801. The van der Waals surface area contributed by atoms with E-state index in [1.54, 1.807) is 13.0 Å². The lowest BCUT2D eigenvalue weighted by molar-refractivity contribution is -0.127. The average Bonchev–Trinajstić information content (AvgIpc) is 2.82. The lowest BCUT2D eigenvalue weighted by atomic mass is 10.2. The molecule has 0 N–H and O–H groups in total. The van der Waals surface area contributed by atoms with Crippen LogP contribution in [0.2, 0.25) is 0 Å². The van der Waals surface area contributed by atoms with Crippen molar-refractivity contribution in [2.45, 2.75) is 19.2 Å². The summed E-state index contributed by atoms with van der Waals surface area (Å²) < 4.78 is 42.0. The number of nitrogens with zero attached hydrogens (tertiary/aromatic N) is 2. The van der Waals surface area contributed by atoms with Crippen LogP contribution in [0.3, 0.4) is 0 Å². The molecule has 2 aromatic rings. The zero-order valence-electron chi connectivity index (χ0n) is 12.8. The number of carbonyl (C=O) groups is 1. The summed E-state index contributed by atoms with van der Waals surface area (Å²) in [7, 11) is -2.19. The van der Waals surface area contributed by atoms with Gasteiger partial charge in [-0.2, -0.15) is 0 Å². The van der Waals surface area contributed by atoms with Gasteiger partial charge in [0.2, 0.25) is 5.91 Å². The van der Waals surface area contributed by atoms with Crippen LogP contribution in [0.5, 0.6) is 0 Å². The number of aryl methyl sites for hydroxylation is 1. The molecule has 8 heteroatoms. The minimum Gasteiger partial charge on any atom is -0.360 e. The van der Waals surface area contributed by atoms with Gasteiger partial charge in [0.15, 0.2) is 15.6 Å². The molecule has 1 amide bonds. The normalized spacial score (nSPS) is 11.4. The minimum absolute atomic E-state index is 0.132. The number of hydrogen-bond donors (Lipinski definition) is 0. The zero-order chi connectivity index (χ0) is 17.0. The van der Waals surface area contributed by atoms with E-state index in [1.165, 1.54) is 36.2 Å². The molecule has 0 saturated carbocycles. The van der Waals surface area contributed by atoms with Gasteiger partial charge in [0, 0.05) is 19.7 Å². The first-order valence-electron chi connectivity index (χ1n) is 6.86. The van der Waals surface area contributed by atoms with Crippen LogP contribution in [0, 0.1) is 12.7 Å². The first kappa shape index (κ1) is 17.1. The van der Waals surface area contributed by atoms with Crippen LogP contribution in [0.1, 0.15) is 17.0 Å². The summed E-state index contributed by atoms with van der Waals surface area (Å²) in [5.41, 5.74) is 1.16. The second-order valence-electron chi connectivity index (χ2n) is 5.35. The van der Waals surface area contributed by atoms with E-state index in [4.69, 9.17) is 4.52 Å². The van der Waals surface area contributed by atoms with Gasteiger partial charge in [-0.3, -0.25) is 4.79 Å². The fourth-order valence-electron chi connectivity index (χ4n) is 2.05. The van der Waals surface area contributed by atoms with E-state index in [0.717, 1.165) is 0 Å². The third-order valence-electron chi connectivity index (χ3n) is 3.12. The highest BCUT2D eigenvalue weighted by molar-refractivity contribution is 7.91. The summed E-state index contributed by atoms with van der Waals surface area (Å²) in [4.78, 5) is 13.3. The number of aromatic nitrogens is 1. The van der Waals surface area contributed by atoms with Crippen molar-refractivity contribution in [2.24, 2.45) is 0 Å². The molecule has 0 spiro atoms. The zero-order valence-corrected chi connectivity index (χ0v) is 13.6. The van der Waals surface area contributed by atoms with Crippen LogP contribution in [-0.4, -0.2) is 37.2 Å². The fraction of sp³-hybridized carbons (Fsp3) is 0.333. The summed E-state index contributed by atoms with van der Waals surface area (Å²) in [6.07, 6.45) is 0. The minimum atomic E-state index is -3.67. The number of benzene rings is 1. The highest BCUT2D eigenvalue weighted by Gasteiger charge is 2.22. The van der Waals surface area contributed by atoms with Crippen LogP contribution in [-0.2, 0) is 26.9 Å². The van der Waals surface area contributed by atoms with Crippen molar-refractivity contribution in [3.63, 3.8) is 0 Å². The van der Waals surface area contributed by atoms with Crippen LogP contribution in [0.15, 0.2) is 34.9 Å². The Balaban J connectivity index is 1.97. The Morgan fingerprint density at radius 2 is 2.09 bits per heavy atom. The maximum Gasteiger partial charge on any atom is 0.237 e. The molecule has 1 aromatic carbocycles. The van der Waals surface area contributed by atoms with Crippen molar-refractivity contribution in [2.75, 3.05) is 12.8 Å². The molecule has 1 aromatic heterocycles. The molecule has 0 aliphatic rings. The predicted molar refractivity (Wildman–Crippen MR) is 81.6 cm³/mol. The Morgan fingerprint density at radius 3 is 2.70 bits per heavy atom. The lowest BCUT2D eigenvalue weighted by Crippen LogP contribution is -2.32. The number of rotatable bonds is 6. The van der Waals surface area contributed by atoms with Gasteiger partial charge in [0.25, 0.3) is 0 Å². The molecular formula is C15H17FN2O4S. The Kier molecular flexibility index (Phi) is 5.15. The SMILES string of the molecule is Cc1cc(CS(=O)(=O)CC(=O)N(C)Cc2cccc(F)c2)on1. The standard InChI is InChI=1S/C15H17FN2O4S/c1-11-6-14(22-17-11)9-23(20,21)10-15(19)18(2)8-12-4-3-5-13(16)7-12/h3-7H,8-10H2,1-2H3. The maximum atomic E-state index is 13.1. The van der Waals surface area contributed by atoms with Gasteiger partial charge in [-0.15, -0.1) is 0 Å². The maximum absolute atomic E-state index is 13.1. The highest BCUT2D eigenvalue weighted by Crippen LogP contribution is 2.10. The number of halogens is 1. The van der Waals surface area contributed by atoms with Gasteiger partial charge in [-0.25, -0.2) is 12.8 Å². The van der Waals surface area contributed by atoms with Gasteiger partial charge >= 0.3 is 0 Å². The van der Waals surface area contributed by atoms with Crippen molar-refractivity contribution in [1.82, 2.24) is 10.1 Å². The summed E-state index contributed by atoms with van der Waals surface area (Å²) in [6.45, 7) is 1.81. The largest absolute Gasteiger partial charge is 0.360 e. The van der Waals surface area contributed by atoms with Crippen LogP contribution in [0.25, 0.3) is 0 Å². The third kappa shape index (κ3) is 5.17. The number of carbonyl (C=O) groups excluding carboxylic acids is 1. The molecule has 0 saturated heterocycles. The Hall–Kier alpha value is -2.22. The van der Waals surface area contributed by atoms with Crippen molar-refractivity contribution in [3.05, 3.63) is 53.2 Å². The third-order valence-corrected chi connectivity index (χ3v) is 4.53. The van der Waals surface area contributed by atoms with E-state index >= 15 is 0 Å². The number of hydrogen-bond acceptors (Lipinski definition) is 5. The average molecular weight is 340 g/mol. The van der Waals surface area contributed by atoms with E-state index in [2.05, 4.69) is 5.16 Å². The molecule has 0 aliphatic heterocycles. The molecule has 2 rings (SSSR count). The van der Waals surface area contributed by atoms with E-state index < -0.39 is 27.3 Å². The smallest absolute Gasteiger partial charge is 0.237 e. The molecule has 6 nitrogen and oxygen atoms in total. The van der Waals surface area contributed by atoms with Crippen molar-refractivity contribution in [3.8, 4) is 0 Å². The summed E-state index contributed by atoms with van der Waals surface area (Å²) in [5.74, 6) is -1.79. The summed E-state index contributed by atoms with van der Waals surface area (Å²) in [6, 6.07) is 7.31. The predicted octanol–water partition coefficient (Wildman–Crippen LogP) is 1.70. The molecule has 1 heterocycles. The molecule has 23 heavy (non-hydrogen) atoms. The van der Waals surface area contributed by atoms with Gasteiger partial charge in [-0.05, 0) is 24.6 Å². The number of sulfone groups is 1. The number of amides is 1. The second kappa shape index (κ2) is 6.91.